The number of carbonyl (C=O) groups excluding carboxylic acids is 1. The zero-order chi connectivity index (χ0) is 26.1. The summed E-state index contributed by atoms with van der Waals surface area (Å²) in [6, 6.07) is 7.88. The molecular weight excluding hydrogens is 468 g/mol. The predicted molar refractivity (Wildman–Crippen MR) is 135 cm³/mol. The zero-order valence-corrected chi connectivity index (χ0v) is 22.2. The third-order valence-corrected chi connectivity index (χ3v) is 6.80. The molecule has 1 heterocycles. The van der Waals surface area contributed by atoms with Gasteiger partial charge in [-0.25, -0.2) is 13.6 Å². The Kier molecular flexibility index (Phi) is 7.67. The van der Waals surface area contributed by atoms with Gasteiger partial charge in [0.2, 0.25) is 15.2 Å². The molecule has 2 radical (unpaired) electrons. The van der Waals surface area contributed by atoms with Crippen LogP contribution in [-0.2, 0) is 21.3 Å². The Morgan fingerprint density at radius 1 is 1.06 bits per heavy atom. The van der Waals surface area contributed by atoms with Gasteiger partial charge < -0.3 is 13.7 Å². The maximum Gasteiger partial charge on any atom is 0.343 e. The fraction of sp³-hybridized carbons (Fsp3) is 0.407. The summed E-state index contributed by atoms with van der Waals surface area (Å²) in [6.07, 6.45) is 1.27. The smallest absolute Gasteiger partial charge is 0.343 e. The van der Waals surface area contributed by atoms with Gasteiger partial charge in [-0.15, -0.1) is 0 Å². The van der Waals surface area contributed by atoms with Gasteiger partial charge in [-0.2, -0.15) is 0 Å². The minimum atomic E-state index is -0.881. The molecule has 0 N–H and O–H groups in total. The first kappa shape index (κ1) is 26.8. The average molecular weight is 500 g/mol. The van der Waals surface area contributed by atoms with E-state index in [0.717, 1.165) is 11.6 Å². The molecule has 0 bridgehead atoms. The quantitative estimate of drug-likeness (QED) is 0.286. The third-order valence-electron chi connectivity index (χ3n) is 5.57. The number of nitrogens with zero attached hydrogens (tertiary/aromatic N) is 1. The van der Waals surface area contributed by atoms with Gasteiger partial charge in [0.05, 0.1) is 28.7 Å². The summed E-state index contributed by atoms with van der Waals surface area (Å²) in [6.45, 7) is 13.9. The second-order valence-electron chi connectivity index (χ2n) is 9.86. The minimum absolute atomic E-state index is 0.0246. The molecule has 0 fully saturated rings. The summed E-state index contributed by atoms with van der Waals surface area (Å²) in [4.78, 5) is 25.1. The van der Waals surface area contributed by atoms with Gasteiger partial charge in [-0.05, 0) is 49.9 Å². The summed E-state index contributed by atoms with van der Waals surface area (Å²) < 4.78 is 43.5. The number of benzene rings is 2. The van der Waals surface area contributed by atoms with Crippen molar-refractivity contribution in [3.8, 4) is 11.1 Å². The van der Waals surface area contributed by atoms with Crippen LogP contribution in [0, 0.1) is 11.6 Å². The number of aromatic nitrogens is 1. The van der Waals surface area contributed by atoms with Crippen molar-refractivity contribution >= 4 is 26.6 Å². The van der Waals surface area contributed by atoms with E-state index in [1.165, 1.54) is 10.8 Å². The molecule has 0 atom stereocenters. The van der Waals surface area contributed by atoms with Gasteiger partial charge in [0.25, 0.3) is 0 Å². The minimum Gasteiger partial charge on any atom is -0.462 e. The summed E-state index contributed by atoms with van der Waals surface area (Å²) >= 11 is 0. The number of hydrogen-bond acceptors (Lipinski definition) is 4. The maximum atomic E-state index is 15.8. The van der Waals surface area contributed by atoms with Crippen LogP contribution in [-0.4, -0.2) is 26.9 Å². The van der Waals surface area contributed by atoms with E-state index < -0.39 is 28.6 Å². The molecule has 0 amide bonds. The lowest BCUT2D eigenvalue weighted by molar-refractivity contribution is 0.0524. The SMILES string of the molecule is CCOC(=O)c1cn(CC)c2c(F)c(-c3ccc(C(C)(C)O[Si]C(C)(C)C)cc3)c(F)cc2c1=O. The molecule has 0 saturated heterocycles. The van der Waals surface area contributed by atoms with Crippen molar-refractivity contribution in [2.45, 2.75) is 65.7 Å². The zero-order valence-electron chi connectivity index (χ0n) is 21.2. The predicted octanol–water partition coefficient (Wildman–Crippen LogP) is 6.23. The first-order valence-electron chi connectivity index (χ1n) is 11.6. The molecule has 0 aliphatic rings. The van der Waals surface area contributed by atoms with E-state index in [-0.39, 0.29) is 50.0 Å². The molecule has 0 unspecified atom stereocenters. The number of esters is 1. The Morgan fingerprint density at radius 2 is 1.69 bits per heavy atom. The van der Waals surface area contributed by atoms with Gasteiger partial charge in [0, 0.05) is 12.7 Å². The summed E-state index contributed by atoms with van der Waals surface area (Å²) in [5.41, 5.74) is -0.659. The number of pyridine rings is 1. The number of rotatable bonds is 7. The fourth-order valence-corrected chi connectivity index (χ4v) is 4.41. The van der Waals surface area contributed by atoms with Crippen LogP contribution in [0.4, 0.5) is 8.78 Å². The number of carbonyl (C=O) groups is 1. The summed E-state index contributed by atoms with van der Waals surface area (Å²) in [7, 11) is 0.282. The lowest BCUT2D eigenvalue weighted by atomic mass is 9.94. The number of ether oxygens (including phenoxy) is 1. The highest BCUT2D eigenvalue weighted by atomic mass is 28.2. The van der Waals surface area contributed by atoms with Crippen molar-refractivity contribution in [3.05, 3.63) is 69.5 Å². The number of aryl methyl sites for hydroxylation is 1. The summed E-state index contributed by atoms with van der Waals surface area (Å²) in [5, 5.41) is -0.179. The van der Waals surface area contributed by atoms with Crippen molar-refractivity contribution in [2.24, 2.45) is 0 Å². The van der Waals surface area contributed by atoms with Gasteiger partial charge in [-0.3, -0.25) is 4.79 Å². The summed E-state index contributed by atoms with van der Waals surface area (Å²) in [5.74, 6) is -2.56. The second kappa shape index (κ2) is 10.0. The Morgan fingerprint density at radius 3 is 2.23 bits per heavy atom. The van der Waals surface area contributed by atoms with E-state index in [0.29, 0.717) is 5.56 Å². The Labute approximate surface area is 207 Å². The number of hydrogen-bond donors (Lipinski definition) is 0. The van der Waals surface area contributed by atoms with E-state index in [4.69, 9.17) is 9.16 Å². The van der Waals surface area contributed by atoms with Crippen LogP contribution in [0.1, 0.15) is 64.4 Å². The molecule has 0 aliphatic heterocycles. The molecular formula is C27H31F2NO4Si. The molecule has 35 heavy (non-hydrogen) atoms. The highest BCUT2D eigenvalue weighted by Gasteiger charge is 2.27. The molecule has 0 aliphatic carbocycles. The Balaban J connectivity index is 2.11. The van der Waals surface area contributed by atoms with Gasteiger partial charge >= 0.3 is 5.97 Å². The largest absolute Gasteiger partial charge is 0.462 e. The van der Waals surface area contributed by atoms with Crippen LogP contribution in [0.5, 0.6) is 0 Å². The lowest BCUT2D eigenvalue weighted by Crippen LogP contribution is -2.27. The topological polar surface area (TPSA) is 57.5 Å². The second-order valence-corrected chi connectivity index (χ2v) is 11.8. The van der Waals surface area contributed by atoms with Crippen LogP contribution in [0.25, 0.3) is 22.0 Å². The van der Waals surface area contributed by atoms with E-state index in [2.05, 4.69) is 20.8 Å². The van der Waals surface area contributed by atoms with Crippen molar-refractivity contribution in [1.29, 1.82) is 0 Å². The average Bonchev–Trinajstić information content (AvgIpc) is 2.78. The van der Waals surface area contributed by atoms with Gasteiger partial charge in [0.1, 0.15) is 11.4 Å². The van der Waals surface area contributed by atoms with Gasteiger partial charge in [-0.1, -0.05) is 45.0 Å². The van der Waals surface area contributed by atoms with Crippen molar-refractivity contribution in [2.75, 3.05) is 6.61 Å². The molecule has 8 heteroatoms. The van der Waals surface area contributed by atoms with E-state index in [1.807, 2.05) is 13.8 Å². The van der Waals surface area contributed by atoms with Crippen LogP contribution in [0.2, 0.25) is 5.04 Å². The first-order valence-corrected chi connectivity index (χ1v) is 12.5. The Hall–Kier alpha value is -2.84. The first-order chi connectivity index (χ1) is 16.3. The van der Waals surface area contributed by atoms with Crippen LogP contribution < -0.4 is 5.43 Å². The Bertz CT molecular complexity index is 1310. The normalized spacial score (nSPS) is 12.3. The molecule has 0 spiro atoms. The molecule has 3 aromatic rings. The van der Waals surface area contributed by atoms with Crippen molar-refractivity contribution in [3.63, 3.8) is 0 Å². The van der Waals surface area contributed by atoms with E-state index >= 15 is 8.78 Å². The molecule has 2 aromatic carbocycles. The molecule has 186 valence electrons. The van der Waals surface area contributed by atoms with Crippen LogP contribution in [0.15, 0.2) is 41.3 Å². The van der Waals surface area contributed by atoms with E-state index in [9.17, 15) is 9.59 Å². The molecule has 0 saturated carbocycles. The maximum absolute atomic E-state index is 15.8. The fourth-order valence-electron chi connectivity index (χ4n) is 3.73. The lowest BCUT2D eigenvalue weighted by Gasteiger charge is -2.29. The monoisotopic (exact) mass is 499 g/mol. The molecule has 1 aromatic heterocycles. The molecule has 5 nitrogen and oxygen atoms in total. The van der Waals surface area contributed by atoms with Gasteiger partial charge in [0.15, 0.2) is 5.82 Å². The number of halogens is 2. The van der Waals surface area contributed by atoms with Crippen molar-refractivity contribution < 1.29 is 22.7 Å². The highest BCUT2D eigenvalue weighted by molar-refractivity contribution is 6.31. The van der Waals surface area contributed by atoms with Crippen LogP contribution >= 0.6 is 0 Å². The van der Waals surface area contributed by atoms with Crippen molar-refractivity contribution in [1.82, 2.24) is 4.57 Å². The van der Waals surface area contributed by atoms with E-state index in [1.54, 1.807) is 38.1 Å². The third kappa shape index (κ3) is 5.54. The highest BCUT2D eigenvalue weighted by Crippen LogP contribution is 2.34. The number of fused-ring (bicyclic) bond motifs is 1. The molecule has 3 rings (SSSR count). The van der Waals surface area contributed by atoms with Crippen LogP contribution in [0.3, 0.4) is 0 Å². The standard InChI is InChI=1S/C27H31F2NO4Si/c1-8-30-15-19(25(32)33-9-2)24(31)18-14-20(28)21(22(29)23(18)30)16-10-12-17(13-11-16)27(6,7)34-35-26(3,4)5/h10-15H,8-9H2,1-7H3.